The fourth-order valence-electron chi connectivity index (χ4n) is 1.87. The van der Waals surface area contributed by atoms with Crippen molar-refractivity contribution in [1.82, 2.24) is 0 Å². The number of rotatable bonds is 4. The van der Waals surface area contributed by atoms with Crippen molar-refractivity contribution in [3.05, 3.63) is 57.8 Å². The van der Waals surface area contributed by atoms with Gasteiger partial charge in [0, 0.05) is 0 Å². The molecule has 2 aromatic carbocycles. The van der Waals surface area contributed by atoms with Gasteiger partial charge in [0.1, 0.15) is 5.82 Å². The molecule has 1 unspecified atom stereocenters. The highest BCUT2D eigenvalue weighted by molar-refractivity contribution is 9.10. The van der Waals surface area contributed by atoms with Crippen LogP contribution in [0.25, 0.3) is 0 Å². The molecule has 0 bridgehead atoms. The largest absolute Gasteiger partial charge is 0.493 e. The number of halogens is 3. The first-order valence-corrected chi connectivity index (χ1v) is 7.58. The highest BCUT2D eigenvalue weighted by atomic mass is 79.9. The summed E-state index contributed by atoms with van der Waals surface area (Å²) in [6.07, 6.45) is 0. The summed E-state index contributed by atoms with van der Waals surface area (Å²) in [5.41, 5.74) is 1.79. The Labute approximate surface area is 134 Å². The third-order valence-electron chi connectivity index (χ3n) is 2.94. The van der Waals surface area contributed by atoms with Gasteiger partial charge in [-0.1, -0.05) is 28.1 Å². The van der Waals surface area contributed by atoms with Crippen molar-refractivity contribution in [2.24, 2.45) is 0 Å². The van der Waals surface area contributed by atoms with E-state index in [9.17, 15) is 4.39 Å². The molecule has 106 valence electrons. The predicted octanol–water partition coefficient (Wildman–Crippen LogP) is 5.09. The smallest absolute Gasteiger partial charge is 0.161 e. The van der Waals surface area contributed by atoms with Gasteiger partial charge in [0.25, 0.3) is 0 Å². The van der Waals surface area contributed by atoms with Gasteiger partial charge in [0.05, 0.1) is 23.5 Å². The molecule has 0 aromatic heterocycles. The van der Waals surface area contributed by atoms with E-state index in [0.29, 0.717) is 16.0 Å². The molecule has 0 fully saturated rings. The maximum Gasteiger partial charge on any atom is 0.161 e. The lowest BCUT2D eigenvalue weighted by molar-refractivity contribution is 0.354. The van der Waals surface area contributed by atoms with Crippen LogP contribution in [-0.2, 0) is 0 Å². The molecule has 5 heteroatoms. The van der Waals surface area contributed by atoms with E-state index in [1.165, 1.54) is 6.07 Å². The summed E-state index contributed by atoms with van der Waals surface area (Å²) < 4.78 is 24.5. The van der Waals surface area contributed by atoms with E-state index < -0.39 is 0 Å². The Hall–Kier alpha value is -1.07. The normalized spacial score (nSPS) is 12.1. The standard InChI is InChI=1S/C15H13Br2FO2/c1-19-13-6-4-10(8-14(13)20-2)15(17)9-3-5-11(16)12(18)7-9/h3-8,15H,1-2H3. The number of hydrogen-bond acceptors (Lipinski definition) is 2. The second-order valence-electron chi connectivity index (χ2n) is 4.15. The van der Waals surface area contributed by atoms with Gasteiger partial charge in [-0.25, -0.2) is 4.39 Å². The molecule has 20 heavy (non-hydrogen) atoms. The molecule has 0 aliphatic carbocycles. The quantitative estimate of drug-likeness (QED) is 0.662. The molecule has 1 atom stereocenters. The first kappa shape index (κ1) is 15.3. The van der Waals surface area contributed by atoms with Crippen LogP contribution in [0, 0.1) is 5.82 Å². The van der Waals surface area contributed by atoms with Gasteiger partial charge in [-0.15, -0.1) is 0 Å². The van der Waals surface area contributed by atoms with Gasteiger partial charge < -0.3 is 9.47 Å². The van der Waals surface area contributed by atoms with Gasteiger partial charge in [-0.05, 0) is 51.3 Å². The Morgan fingerprint density at radius 1 is 0.950 bits per heavy atom. The zero-order valence-corrected chi connectivity index (χ0v) is 14.2. The molecule has 0 heterocycles. The van der Waals surface area contributed by atoms with Crippen molar-refractivity contribution in [1.29, 1.82) is 0 Å². The SMILES string of the molecule is COc1ccc(C(Br)c2ccc(Br)c(F)c2)cc1OC. The first-order chi connectivity index (χ1) is 9.56. The van der Waals surface area contributed by atoms with Crippen LogP contribution in [0.15, 0.2) is 40.9 Å². The Balaban J connectivity index is 2.37. The molecule has 0 amide bonds. The van der Waals surface area contributed by atoms with Crippen LogP contribution in [0.4, 0.5) is 4.39 Å². The van der Waals surface area contributed by atoms with E-state index in [-0.39, 0.29) is 10.6 Å². The Morgan fingerprint density at radius 2 is 1.55 bits per heavy atom. The molecule has 0 radical (unpaired) electrons. The van der Waals surface area contributed by atoms with Crippen molar-refractivity contribution < 1.29 is 13.9 Å². The summed E-state index contributed by atoms with van der Waals surface area (Å²) in [5, 5.41) is 0. The van der Waals surface area contributed by atoms with E-state index in [0.717, 1.165) is 11.1 Å². The molecule has 0 N–H and O–H groups in total. The number of alkyl halides is 1. The Morgan fingerprint density at radius 3 is 2.15 bits per heavy atom. The third-order valence-corrected chi connectivity index (χ3v) is 4.64. The van der Waals surface area contributed by atoms with E-state index in [1.54, 1.807) is 20.3 Å². The summed E-state index contributed by atoms with van der Waals surface area (Å²) in [7, 11) is 3.18. The zero-order chi connectivity index (χ0) is 14.7. The highest BCUT2D eigenvalue weighted by Gasteiger charge is 2.15. The topological polar surface area (TPSA) is 18.5 Å². The van der Waals surface area contributed by atoms with E-state index >= 15 is 0 Å². The van der Waals surface area contributed by atoms with E-state index in [1.807, 2.05) is 24.3 Å². The van der Waals surface area contributed by atoms with Crippen LogP contribution in [0.3, 0.4) is 0 Å². The van der Waals surface area contributed by atoms with Gasteiger partial charge in [0.2, 0.25) is 0 Å². The van der Waals surface area contributed by atoms with E-state index in [2.05, 4.69) is 31.9 Å². The number of ether oxygens (including phenoxy) is 2. The summed E-state index contributed by atoms with van der Waals surface area (Å²) in [4.78, 5) is -0.120. The van der Waals surface area contributed by atoms with Crippen molar-refractivity contribution in [3.8, 4) is 11.5 Å². The average molecular weight is 404 g/mol. The van der Waals surface area contributed by atoms with Gasteiger partial charge in [-0.2, -0.15) is 0 Å². The van der Waals surface area contributed by atoms with Crippen LogP contribution in [0.1, 0.15) is 16.0 Å². The lowest BCUT2D eigenvalue weighted by Gasteiger charge is -2.14. The molecular weight excluding hydrogens is 391 g/mol. The van der Waals surface area contributed by atoms with Crippen molar-refractivity contribution >= 4 is 31.9 Å². The Bertz CT molecular complexity index is 617. The first-order valence-electron chi connectivity index (χ1n) is 5.87. The molecule has 0 aliphatic heterocycles. The third kappa shape index (κ3) is 3.15. The maximum atomic E-state index is 13.6. The monoisotopic (exact) mass is 402 g/mol. The minimum Gasteiger partial charge on any atom is -0.493 e. The lowest BCUT2D eigenvalue weighted by Crippen LogP contribution is -1.97. The number of benzene rings is 2. The molecule has 2 rings (SSSR count). The molecular formula is C15H13Br2FO2. The molecule has 0 aliphatic rings. The molecule has 0 saturated carbocycles. The fourth-order valence-corrected chi connectivity index (χ4v) is 2.69. The molecule has 0 spiro atoms. The molecule has 2 aromatic rings. The fraction of sp³-hybridized carbons (Fsp3) is 0.200. The molecule has 2 nitrogen and oxygen atoms in total. The zero-order valence-electron chi connectivity index (χ0n) is 11.0. The second-order valence-corrected chi connectivity index (χ2v) is 5.92. The lowest BCUT2D eigenvalue weighted by atomic mass is 10.0. The van der Waals surface area contributed by atoms with Crippen LogP contribution in [0.2, 0.25) is 0 Å². The molecule has 0 saturated heterocycles. The average Bonchev–Trinajstić information content (AvgIpc) is 2.48. The highest BCUT2D eigenvalue weighted by Crippen LogP contribution is 2.37. The summed E-state index contributed by atoms with van der Waals surface area (Å²) in [5.74, 6) is 1.03. The van der Waals surface area contributed by atoms with E-state index in [4.69, 9.17) is 9.47 Å². The summed E-state index contributed by atoms with van der Waals surface area (Å²) in [6.45, 7) is 0. The number of methoxy groups -OCH3 is 2. The van der Waals surface area contributed by atoms with Crippen molar-refractivity contribution in [3.63, 3.8) is 0 Å². The van der Waals surface area contributed by atoms with Crippen molar-refractivity contribution in [2.75, 3.05) is 14.2 Å². The minimum absolute atomic E-state index is 0.120. The van der Waals surface area contributed by atoms with Crippen LogP contribution in [0.5, 0.6) is 11.5 Å². The predicted molar refractivity (Wildman–Crippen MR) is 84.4 cm³/mol. The minimum atomic E-state index is -0.285. The number of hydrogen-bond donors (Lipinski definition) is 0. The Kier molecular flexibility index (Phi) is 5.05. The van der Waals surface area contributed by atoms with Crippen LogP contribution in [-0.4, -0.2) is 14.2 Å². The summed E-state index contributed by atoms with van der Waals surface area (Å²) in [6, 6.07) is 10.7. The van der Waals surface area contributed by atoms with Crippen LogP contribution >= 0.6 is 31.9 Å². The van der Waals surface area contributed by atoms with Crippen LogP contribution < -0.4 is 9.47 Å². The van der Waals surface area contributed by atoms with Crippen molar-refractivity contribution in [2.45, 2.75) is 4.83 Å². The van der Waals surface area contributed by atoms with Gasteiger partial charge >= 0.3 is 0 Å². The second kappa shape index (κ2) is 6.59. The van der Waals surface area contributed by atoms with Gasteiger partial charge in [-0.3, -0.25) is 0 Å². The maximum absolute atomic E-state index is 13.6. The van der Waals surface area contributed by atoms with Gasteiger partial charge in [0.15, 0.2) is 11.5 Å². The summed E-state index contributed by atoms with van der Waals surface area (Å²) >= 11 is 6.73.